The first-order valence-corrected chi connectivity index (χ1v) is 14.1. The number of aromatic nitrogens is 3. The minimum Gasteiger partial charge on any atom is -0.478 e. The maximum Gasteiger partial charge on any atom is 0.433 e. The van der Waals surface area contributed by atoms with E-state index in [2.05, 4.69) is 10.1 Å². The molecule has 1 unspecified atom stereocenters. The van der Waals surface area contributed by atoms with Gasteiger partial charge < -0.3 is 14.9 Å². The maximum atomic E-state index is 13.9. The molecular weight excluding hydrogens is 637 g/mol. The van der Waals surface area contributed by atoms with Crippen LogP contribution in [0.5, 0.6) is 0 Å². The quantitative estimate of drug-likeness (QED) is 0.283. The highest BCUT2D eigenvalue weighted by molar-refractivity contribution is 6.31. The predicted molar refractivity (Wildman–Crippen MR) is 156 cm³/mol. The largest absolute Gasteiger partial charge is 0.478 e. The predicted octanol–water partition coefficient (Wildman–Crippen LogP) is 6.65. The molecular formula is C28H30Cl2F6N6O2. The van der Waals surface area contributed by atoms with Gasteiger partial charge in [0.25, 0.3) is 0 Å². The lowest BCUT2D eigenvalue weighted by atomic mass is 10.00. The number of piperidine rings is 1. The van der Waals surface area contributed by atoms with Crippen molar-refractivity contribution in [2.45, 2.75) is 37.7 Å². The molecule has 0 amide bonds. The van der Waals surface area contributed by atoms with E-state index in [0.29, 0.717) is 62.1 Å². The minimum absolute atomic E-state index is 0. The number of hydrogen-bond donors (Lipinski definition) is 1. The summed E-state index contributed by atoms with van der Waals surface area (Å²) in [5.74, 6) is -0.997. The Balaban J connectivity index is 0.00000442. The van der Waals surface area contributed by atoms with Gasteiger partial charge in [0.05, 0.1) is 18.7 Å². The highest BCUT2D eigenvalue weighted by Gasteiger charge is 2.42. The van der Waals surface area contributed by atoms with E-state index in [9.17, 15) is 36.2 Å². The average molecular weight is 667 g/mol. The zero-order valence-electron chi connectivity index (χ0n) is 23.3. The van der Waals surface area contributed by atoms with Crippen LogP contribution < -0.4 is 9.80 Å². The molecule has 0 bridgehead atoms. The fourth-order valence-electron chi connectivity index (χ4n) is 5.68. The molecule has 240 valence electrons. The van der Waals surface area contributed by atoms with Crippen LogP contribution in [0.4, 0.5) is 37.8 Å². The number of carbonyl (C=O) groups is 1. The Morgan fingerprint density at radius 2 is 1.70 bits per heavy atom. The van der Waals surface area contributed by atoms with Crippen LogP contribution in [0.15, 0.2) is 42.7 Å². The van der Waals surface area contributed by atoms with Crippen LogP contribution in [0, 0.1) is 0 Å². The van der Waals surface area contributed by atoms with Crippen molar-refractivity contribution in [2.75, 3.05) is 55.6 Å². The monoisotopic (exact) mass is 666 g/mol. The molecule has 1 N–H and O–H groups in total. The van der Waals surface area contributed by atoms with Crippen LogP contribution in [-0.4, -0.2) is 82.7 Å². The van der Waals surface area contributed by atoms with Gasteiger partial charge in [-0.3, -0.25) is 9.58 Å². The number of carboxylic acids is 1. The van der Waals surface area contributed by atoms with Crippen molar-refractivity contribution >= 4 is 41.5 Å². The van der Waals surface area contributed by atoms with E-state index in [1.54, 1.807) is 23.2 Å². The average Bonchev–Trinajstić information content (AvgIpc) is 3.43. The third-order valence-electron chi connectivity index (χ3n) is 7.80. The molecule has 0 aliphatic carbocycles. The van der Waals surface area contributed by atoms with Crippen molar-refractivity contribution in [3.05, 3.63) is 59.0 Å². The molecule has 0 saturated carbocycles. The van der Waals surface area contributed by atoms with Crippen LogP contribution in [0.25, 0.3) is 11.1 Å². The second-order valence-corrected chi connectivity index (χ2v) is 11.1. The SMILES string of the molecule is Cl.O=C(O)c1cnn(C2CCCN(c3cc(Cl)ccc3-c3ccc(N4CCN(CCC(F)(F)F)CC4)nc3)C2)c1C(F)(F)F. The third kappa shape index (κ3) is 7.70. The summed E-state index contributed by atoms with van der Waals surface area (Å²) in [7, 11) is 0. The number of halogens is 8. The first kappa shape index (κ1) is 33.7. The maximum absolute atomic E-state index is 13.9. The van der Waals surface area contributed by atoms with Gasteiger partial charge in [-0.15, -0.1) is 12.4 Å². The highest BCUT2D eigenvalue weighted by atomic mass is 35.5. The standard InChI is InChI=1S/C28H29ClF6N6O2.ClH/c29-19-4-5-21(18-3-6-24(36-15-18)39-12-10-38(11-13-39)9-7-27(30,31)32)23(14-19)40-8-1-2-20(17-40)41-25(28(33,34)35)22(16-37-41)26(42)43;/h3-6,14-16,20H,1-2,7-13,17H2,(H,42,43);1H. The number of piperazine rings is 1. The van der Waals surface area contributed by atoms with E-state index in [-0.39, 0.29) is 25.5 Å². The molecule has 2 aliphatic heterocycles. The number of benzene rings is 1. The van der Waals surface area contributed by atoms with Gasteiger partial charge in [-0.25, -0.2) is 9.78 Å². The number of anilines is 2. The topological polar surface area (TPSA) is 77.7 Å². The fraction of sp³-hybridized carbons (Fsp3) is 0.464. The van der Waals surface area contributed by atoms with Gasteiger partial charge in [0.1, 0.15) is 11.4 Å². The molecule has 44 heavy (non-hydrogen) atoms. The normalized spacial score (nSPS) is 18.3. The molecule has 16 heteroatoms. The van der Waals surface area contributed by atoms with Crippen LogP contribution in [0.2, 0.25) is 5.02 Å². The molecule has 5 rings (SSSR count). The van der Waals surface area contributed by atoms with E-state index >= 15 is 0 Å². The van der Waals surface area contributed by atoms with Gasteiger partial charge in [0.15, 0.2) is 5.69 Å². The van der Waals surface area contributed by atoms with Crippen molar-refractivity contribution in [3.63, 3.8) is 0 Å². The Bertz CT molecular complexity index is 1440. The number of pyridine rings is 1. The van der Waals surface area contributed by atoms with Gasteiger partial charge in [0, 0.05) is 73.8 Å². The molecule has 2 fully saturated rings. The van der Waals surface area contributed by atoms with E-state index in [1.807, 2.05) is 28.0 Å². The van der Waals surface area contributed by atoms with Crippen molar-refractivity contribution in [1.29, 1.82) is 0 Å². The van der Waals surface area contributed by atoms with Gasteiger partial charge in [-0.2, -0.15) is 31.4 Å². The molecule has 4 heterocycles. The summed E-state index contributed by atoms with van der Waals surface area (Å²) in [4.78, 5) is 21.8. The van der Waals surface area contributed by atoms with Crippen molar-refractivity contribution in [3.8, 4) is 11.1 Å². The second kappa shape index (κ2) is 13.4. The van der Waals surface area contributed by atoms with Gasteiger partial charge in [0.2, 0.25) is 0 Å². The van der Waals surface area contributed by atoms with E-state index in [0.717, 1.165) is 22.0 Å². The Labute approximate surface area is 260 Å². The van der Waals surface area contributed by atoms with Crippen molar-refractivity contribution < 1.29 is 36.2 Å². The number of hydrogen-bond acceptors (Lipinski definition) is 6. The third-order valence-corrected chi connectivity index (χ3v) is 8.04. The Morgan fingerprint density at radius 1 is 0.977 bits per heavy atom. The molecule has 1 atom stereocenters. The summed E-state index contributed by atoms with van der Waals surface area (Å²) < 4.78 is 80.1. The Kier molecular flexibility index (Phi) is 10.3. The lowest BCUT2D eigenvalue weighted by Gasteiger charge is -2.36. The first-order chi connectivity index (χ1) is 20.3. The van der Waals surface area contributed by atoms with Gasteiger partial charge in [-0.1, -0.05) is 17.7 Å². The van der Waals surface area contributed by atoms with E-state index in [1.165, 1.54) is 0 Å². The summed E-state index contributed by atoms with van der Waals surface area (Å²) in [5, 5.41) is 13.6. The van der Waals surface area contributed by atoms with Crippen LogP contribution in [-0.2, 0) is 6.18 Å². The second-order valence-electron chi connectivity index (χ2n) is 10.7. The molecule has 2 aliphatic rings. The lowest BCUT2D eigenvalue weighted by Crippen LogP contribution is -2.47. The summed E-state index contributed by atoms with van der Waals surface area (Å²) >= 11 is 6.34. The molecule has 2 saturated heterocycles. The molecule has 3 aromatic rings. The van der Waals surface area contributed by atoms with Crippen molar-refractivity contribution in [2.24, 2.45) is 0 Å². The number of alkyl halides is 6. The van der Waals surface area contributed by atoms with Gasteiger partial charge in [-0.05, 0) is 37.1 Å². The number of rotatable bonds is 7. The summed E-state index contributed by atoms with van der Waals surface area (Å²) in [5.41, 5.74) is 0.0543. The molecule has 0 spiro atoms. The number of carboxylic acid groups (broad SMARTS) is 1. The summed E-state index contributed by atoms with van der Waals surface area (Å²) in [6.07, 6.45) is -6.55. The number of nitrogens with zero attached hydrogens (tertiary/aromatic N) is 6. The van der Waals surface area contributed by atoms with Crippen LogP contribution in [0.1, 0.15) is 41.4 Å². The first-order valence-electron chi connectivity index (χ1n) is 13.7. The lowest BCUT2D eigenvalue weighted by molar-refractivity contribution is -0.145. The smallest absolute Gasteiger partial charge is 0.433 e. The van der Waals surface area contributed by atoms with Crippen LogP contribution in [0.3, 0.4) is 0 Å². The number of aromatic carboxylic acids is 1. The highest BCUT2D eigenvalue weighted by Crippen LogP contribution is 2.39. The zero-order chi connectivity index (χ0) is 30.9. The molecule has 1 aromatic carbocycles. The van der Waals surface area contributed by atoms with E-state index in [4.69, 9.17) is 11.6 Å². The van der Waals surface area contributed by atoms with Crippen LogP contribution >= 0.6 is 24.0 Å². The fourth-order valence-corrected chi connectivity index (χ4v) is 5.85. The summed E-state index contributed by atoms with van der Waals surface area (Å²) in [6.45, 7) is 2.75. The Hall–Kier alpha value is -3.23. The van der Waals surface area contributed by atoms with Crippen molar-refractivity contribution in [1.82, 2.24) is 19.7 Å². The molecule has 8 nitrogen and oxygen atoms in total. The minimum atomic E-state index is -4.89. The Morgan fingerprint density at radius 3 is 2.32 bits per heavy atom. The van der Waals surface area contributed by atoms with Gasteiger partial charge >= 0.3 is 18.3 Å². The molecule has 2 aromatic heterocycles. The molecule has 0 radical (unpaired) electrons. The summed E-state index contributed by atoms with van der Waals surface area (Å²) in [6, 6.07) is 8.26. The zero-order valence-corrected chi connectivity index (χ0v) is 24.9. The van der Waals surface area contributed by atoms with E-state index < -0.39 is 42.0 Å².